The van der Waals surface area contributed by atoms with Gasteiger partial charge < -0.3 is 15.0 Å². The standard InChI is InChI=1S/C21H29N5O4S/c1-13-5-8-17(20-16(13)9-10-31(28,29)26(20)4)22-19-12-18(23-24-19)14-6-7-15(11-14)30-21(27)25(2)3/h5,8,12,14-15H,6-7,9-11H2,1-4H3,(H2,22,23,24)/t14-,15+/m0/s1. The average Bonchev–Trinajstić information content (AvgIpc) is 3.36. The molecule has 2 aliphatic rings. The molecule has 2 atom stereocenters. The lowest BCUT2D eigenvalue weighted by atomic mass is 10.0. The van der Waals surface area contributed by atoms with Gasteiger partial charge in [-0.1, -0.05) is 6.07 Å². The van der Waals surface area contributed by atoms with Gasteiger partial charge in [-0.3, -0.25) is 9.40 Å². The Hall–Kier alpha value is -2.75. The molecule has 1 fully saturated rings. The van der Waals surface area contributed by atoms with E-state index < -0.39 is 10.0 Å². The van der Waals surface area contributed by atoms with Gasteiger partial charge in [0.15, 0.2) is 5.82 Å². The number of carbonyl (C=O) groups excluding carboxylic acids is 1. The summed E-state index contributed by atoms with van der Waals surface area (Å²) in [6.45, 7) is 2.00. The lowest BCUT2D eigenvalue weighted by Crippen LogP contribution is -2.35. The number of aryl methyl sites for hydroxylation is 1. The van der Waals surface area contributed by atoms with Crippen LogP contribution in [0.5, 0.6) is 0 Å². The number of hydrogen-bond donors (Lipinski definition) is 2. The molecule has 10 heteroatoms. The Kier molecular flexibility index (Phi) is 5.59. The summed E-state index contributed by atoms with van der Waals surface area (Å²) in [5.41, 5.74) is 4.50. The molecule has 9 nitrogen and oxygen atoms in total. The molecule has 1 aliphatic heterocycles. The molecule has 4 rings (SSSR count). The van der Waals surface area contributed by atoms with Crippen molar-refractivity contribution in [2.24, 2.45) is 0 Å². The van der Waals surface area contributed by atoms with Crippen molar-refractivity contribution in [2.45, 2.75) is 44.6 Å². The average molecular weight is 448 g/mol. The summed E-state index contributed by atoms with van der Waals surface area (Å²) in [5, 5.41) is 10.8. The van der Waals surface area contributed by atoms with Crippen LogP contribution in [0.25, 0.3) is 0 Å². The second-order valence-corrected chi connectivity index (χ2v) is 10.7. The number of amides is 1. The van der Waals surface area contributed by atoms with Gasteiger partial charge in [0, 0.05) is 38.8 Å². The normalized spacial score (nSPS) is 22.1. The predicted molar refractivity (Wildman–Crippen MR) is 119 cm³/mol. The molecule has 1 aromatic heterocycles. The number of H-pyrrole nitrogens is 1. The van der Waals surface area contributed by atoms with Crippen molar-refractivity contribution < 1.29 is 17.9 Å². The zero-order chi connectivity index (χ0) is 22.3. The summed E-state index contributed by atoms with van der Waals surface area (Å²) in [4.78, 5) is 13.2. The van der Waals surface area contributed by atoms with Crippen LogP contribution in [-0.4, -0.2) is 62.6 Å². The lowest BCUT2D eigenvalue weighted by molar-refractivity contribution is 0.0770. The van der Waals surface area contributed by atoms with Crippen LogP contribution in [0, 0.1) is 6.92 Å². The van der Waals surface area contributed by atoms with Crippen LogP contribution in [0.3, 0.4) is 0 Å². The third kappa shape index (κ3) is 4.21. The molecule has 2 N–H and O–H groups in total. The highest BCUT2D eigenvalue weighted by Gasteiger charge is 2.32. The number of ether oxygens (including phenoxy) is 1. The maximum Gasteiger partial charge on any atom is 0.409 e. The summed E-state index contributed by atoms with van der Waals surface area (Å²) in [5.74, 6) is 0.985. The summed E-state index contributed by atoms with van der Waals surface area (Å²) in [6, 6.07) is 5.84. The number of nitrogens with one attached hydrogen (secondary N) is 2. The number of fused-ring (bicyclic) bond motifs is 1. The highest BCUT2D eigenvalue weighted by atomic mass is 32.2. The van der Waals surface area contributed by atoms with Gasteiger partial charge in [-0.15, -0.1) is 0 Å². The fraction of sp³-hybridized carbons (Fsp3) is 0.524. The molecule has 31 heavy (non-hydrogen) atoms. The summed E-state index contributed by atoms with van der Waals surface area (Å²) in [6.07, 6.45) is 2.57. The molecular formula is C21H29N5O4S. The Balaban J connectivity index is 1.50. The van der Waals surface area contributed by atoms with Crippen molar-refractivity contribution in [1.29, 1.82) is 0 Å². The van der Waals surface area contributed by atoms with E-state index in [1.807, 2.05) is 25.1 Å². The van der Waals surface area contributed by atoms with Gasteiger partial charge in [-0.05, 0) is 49.8 Å². The predicted octanol–water partition coefficient (Wildman–Crippen LogP) is 3.12. The molecule has 2 heterocycles. The molecule has 168 valence electrons. The van der Waals surface area contributed by atoms with Crippen LogP contribution in [0.1, 0.15) is 42.0 Å². The quantitative estimate of drug-likeness (QED) is 0.746. The molecule has 1 aliphatic carbocycles. The fourth-order valence-electron chi connectivity index (χ4n) is 4.35. The minimum Gasteiger partial charge on any atom is -0.446 e. The number of aromatic nitrogens is 2. The van der Waals surface area contributed by atoms with Gasteiger partial charge in [0.05, 0.1) is 17.1 Å². The number of benzene rings is 1. The largest absolute Gasteiger partial charge is 0.446 e. The van der Waals surface area contributed by atoms with E-state index in [4.69, 9.17) is 4.74 Å². The van der Waals surface area contributed by atoms with E-state index in [-0.39, 0.29) is 23.9 Å². The SMILES string of the molecule is Cc1ccc(Nc2cc([C@H]3CC[C@@H](OC(=O)N(C)C)C3)[nH]n2)c2c1CCS(=O)(=O)N2C. The van der Waals surface area contributed by atoms with Crippen LogP contribution >= 0.6 is 0 Å². The van der Waals surface area contributed by atoms with Gasteiger partial charge in [0.1, 0.15) is 6.10 Å². The Morgan fingerprint density at radius 3 is 2.84 bits per heavy atom. The van der Waals surface area contributed by atoms with E-state index >= 15 is 0 Å². The molecule has 1 amide bonds. The molecule has 0 radical (unpaired) electrons. The summed E-state index contributed by atoms with van der Waals surface area (Å²) < 4.78 is 31.7. The number of sulfonamides is 1. The molecule has 0 spiro atoms. The Morgan fingerprint density at radius 2 is 2.10 bits per heavy atom. The summed E-state index contributed by atoms with van der Waals surface area (Å²) >= 11 is 0. The number of rotatable bonds is 4. The molecule has 0 bridgehead atoms. The van der Waals surface area contributed by atoms with Crippen molar-refractivity contribution in [3.63, 3.8) is 0 Å². The van der Waals surface area contributed by atoms with E-state index in [2.05, 4.69) is 15.5 Å². The zero-order valence-electron chi connectivity index (χ0n) is 18.3. The van der Waals surface area contributed by atoms with Crippen molar-refractivity contribution in [3.05, 3.63) is 35.0 Å². The van der Waals surface area contributed by atoms with Crippen molar-refractivity contribution >= 4 is 33.3 Å². The minimum atomic E-state index is -3.32. The number of hydrogen-bond acceptors (Lipinski definition) is 6. The highest BCUT2D eigenvalue weighted by Crippen LogP contribution is 2.40. The zero-order valence-corrected chi connectivity index (χ0v) is 19.1. The molecule has 2 aromatic rings. The van der Waals surface area contributed by atoms with Crippen LogP contribution in [0.2, 0.25) is 0 Å². The minimum absolute atomic E-state index is 0.0948. The summed E-state index contributed by atoms with van der Waals surface area (Å²) in [7, 11) is 1.63. The second-order valence-electron chi connectivity index (χ2n) is 8.53. The third-order valence-electron chi connectivity index (χ3n) is 6.18. The monoisotopic (exact) mass is 447 g/mol. The van der Waals surface area contributed by atoms with E-state index in [1.165, 1.54) is 9.21 Å². The fourth-order valence-corrected chi connectivity index (χ4v) is 5.57. The number of aromatic amines is 1. The number of anilines is 3. The maximum absolute atomic E-state index is 12.4. The molecule has 1 saturated carbocycles. The maximum atomic E-state index is 12.4. The van der Waals surface area contributed by atoms with Gasteiger partial charge in [0.2, 0.25) is 10.0 Å². The first-order valence-electron chi connectivity index (χ1n) is 10.4. The Bertz CT molecular complexity index is 1100. The van der Waals surface area contributed by atoms with Crippen molar-refractivity contribution in [3.8, 4) is 0 Å². The van der Waals surface area contributed by atoms with E-state index in [0.717, 1.165) is 36.1 Å². The van der Waals surface area contributed by atoms with Crippen molar-refractivity contribution in [1.82, 2.24) is 15.1 Å². The first-order chi connectivity index (χ1) is 14.7. The first-order valence-corrected chi connectivity index (χ1v) is 12.1. The smallest absolute Gasteiger partial charge is 0.409 e. The number of nitrogens with zero attached hydrogens (tertiary/aromatic N) is 3. The van der Waals surface area contributed by atoms with Gasteiger partial charge in [-0.2, -0.15) is 5.10 Å². The van der Waals surface area contributed by atoms with E-state index in [0.29, 0.717) is 23.6 Å². The van der Waals surface area contributed by atoms with Gasteiger partial charge in [0.25, 0.3) is 0 Å². The first kappa shape index (κ1) is 21.5. The van der Waals surface area contributed by atoms with Crippen LogP contribution in [0.4, 0.5) is 22.0 Å². The third-order valence-corrected chi connectivity index (χ3v) is 7.91. The van der Waals surface area contributed by atoms with E-state index in [1.54, 1.807) is 21.1 Å². The lowest BCUT2D eigenvalue weighted by Gasteiger charge is -2.30. The van der Waals surface area contributed by atoms with E-state index in [9.17, 15) is 13.2 Å². The topological polar surface area (TPSA) is 108 Å². The molecule has 0 saturated heterocycles. The number of carbonyl (C=O) groups is 1. The van der Waals surface area contributed by atoms with Crippen LogP contribution < -0.4 is 9.62 Å². The Morgan fingerprint density at radius 1 is 1.32 bits per heavy atom. The molecule has 0 unspecified atom stereocenters. The second kappa shape index (κ2) is 8.07. The molecule has 1 aromatic carbocycles. The molecular weight excluding hydrogens is 418 g/mol. The van der Waals surface area contributed by atoms with Crippen LogP contribution in [0.15, 0.2) is 18.2 Å². The van der Waals surface area contributed by atoms with Gasteiger partial charge in [-0.25, -0.2) is 13.2 Å². The van der Waals surface area contributed by atoms with Crippen LogP contribution in [-0.2, 0) is 21.2 Å². The highest BCUT2D eigenvalue weighted by molar-refractivity contribution is 7.92. The Labute approximate surface area is 182 Å². The van der Waals surface area contributed by atoms with Crippen molar-refractivity contribution in [2.75, 3.05) is 36.5 Å². The van der Waals surface area contributed by atoms with Gasteiger partial charge >= 0.3 is 6.09 Å².